The number of nitrogens with one attached hydrogen (secondary N) is 1. The maximum absolute atomic E-state index is 8.93. The average Bonchev–Trinajstić information content (AvgIpc) is 2.70. The molecule has 1 aromatic rings. The second kappa shape index (κ2) is 11.8. The summed E-state index contributed by atoms with van der Waals surface area (Å²) < 4.78 is 10.9. The molecule has 0 amide bonds. The highest BCUT2D eigenvalue weighted by molar-refractivity contribution is 5.80. The minimum absolute atomic E-state index is 0.0221. The number of aliphatic hydroxyl groups is 1. The van der Waals surface area contributed by atoms with E-state index in [0.29, 0.717) is 24.0 Å². The van der Waals surface area contributed by atoms with Crippen molar-refractivity contribution in [2.45, 2.75) is 27.3 Å². The molecule has 1 aromatic carbocycles. The van der Waals surface area contributed by atoms with Crippen molar-refractivity contribution in [3.63, 3.8) is 0 Å². The lowest BCUT2D eigenvalue weighted by Crippen LogP contribution is -2.53. The second-order valence-electron chi connectivity index (χ2n) is 7.41. The molecule has 1 fully saturated rings. The summed E-state index contributed by atoms with van der Waals surface area (Å²) in [5.41, 5.74) is 1.06. The number of guanidine groups is 1. The van der Waals surface area contributed by atoms with Gasteiger partial charge in [-0.2, -0.15) is 0 Å². The molecule has 0 radical (unpaired) electrons. The fourth-order valence-corrected chi connectivity index (χ4v) is 3.34. The zero-order valence-electron chi connectivity index (χ0n) is 17.8. The van der Waals surface area contributed by atoms with E-state index in [2.05, 4.69) is 35.9 Å². The number of piperazine rings is 1. The van der Waals surface area contributed by atoms with Crippen molar-refractivity contribution in [2.75, 3.05) is 59.6 Å². The predicted octanol–water partition coefficient (Wildman–Crippen LogP) is 1.81. The summed E-state index contributed by atoms with van der Waals surface area (Å²) in [6.45, 7) is 13.6. The third kappa shape index (κ3) is 6.87. The van der Waals surface area contributed by atoms with Gasteiger partial charge in [0.1, 0.15) is 6.61 Å². The minimum Gasteiger partial charge on any atom is -0.493 e. The molecule has 7 nitrogen and oxygen atoms in total. The normalized spacial score (nSPS) is 15.8. The molecule has 2 N–H and O–H groups in total. The van der Waals surface area contributed by atoms with Crippen LogP contribution in [-0.2, 0) is 6.54 Å². The van der Waals surface area contributed by atoms with Crippen molar-refractivity contribution >= 4 is 5.96 Å². The van der Waals surface area contributed by atoms with Crippen molar-refractivity contribution in [2.24, 2.45) is 10.9 Å². The van der Waals surface area contributed by atoms with Gasteiger partial charge >= 0.3 is 0 Å². The zero-order valence-corrected chi connectivity index (χ0v) is 17.8. The van der Waals surface area contributed by atoms with Crippen LogP contribution in [0.25, 0.3) is 0 Å². The lowest BCUT2D eigenvalue weighted by molar-refractivity contribution is 0.164. The van der Waals surface area contributed by atoms with Crippen molar-refractivity contribution in [3.8, 4) is 11.5 Å². The Bertz CT molecular complexity index is 614. The first kappa shape index (κ1) is 22.3. The van der Waals surface area contributed by atoms with Gasteiger partial charge in [-0.25, -0.2) is 4.99 Å². The second-order valence-corrected chi connectivity index (χ2v) is 7.41. The summed E-state index contributed by atoms with van der Waals surface area (Å²) in [5, 5.41) is 12.3. The molecular formula is C21H36N4O3. The van der Waals surface area contributed by atoms with Crippen LogP contribution in [0.1, 0.15) is 26.3 Å². The van der Waals surface area contributed by atoms with E-state index in [1.165, 1.54) is 0 Å². The molecule has 0 unspecified atom stereocenters. The van der Waals surface area contributed by atoms with Crippen LogP contribution in [-0.4, -0.2) is 80.5 Å². The number of nitrogens with zero attached hydrogens (tertiary/aromatic N) is 3. The van der Waals surface area contributed by atoms with Crippen LogP contribution >= 0.6 is 0 Å². The Hall–Kier alpha value is -1.99. The van der Waals surface area contributed by atoms with Crippen LogP contribution < -0.4 is 14.8 Å². The molecule has 0 atom stereocenters. The largest absolute Gasteiger partial charge is 0.493 e. The molecule has 28 heavy (non-hydrogen) atoms. The zero-order chi connectivity index (χ0) is 20.4. The molecule has 1 aliphatic heterocycles. The van der Waals surface area contributed by atoms with E-state index in [0.717, 1.165) is 50.8 Å². The Balaban J connectivity index is 2.00. The highest BCUT2D eigenvalue weighted by Gasteiger charge is 2.20. The summed E-state index contributed by atoms with van der Waals surface area (Å²) in [4.78, 5) is 9.71. The number of methoxy groups -OCH3 is 1. The number of aliphatic hydroxyl groups excluding tert-OH is 1. The molecule has 0 aliphatic carbocycles. The summed E-state index contributed by atoms with van der Waals surface area (Å²) in [5.74, 6) is 2.96. The van der Waals surface area contributed by atoms with Crippen LogP contribution in [0.4, 0.5) is 0 Å². The quantitative estimate of drug-likeness (QED) is 0.493. The topological polar surface area (TPSA) is 69.6 Å². The first-order chi connectivity index (χ1) is 13.6. The predicted molar refractivity (Wildman–Crippen MR) is 113 cm³/mol. The van der Waals surface area contributed by atoms with Crippen molar-refractivity contribution in [3.05, 3.63) is 23.8 Å². The van der Waals surface area contributed by atoms with Gasteiger partial charge in [0, 0.05) is 39.3 Å². The number of hydrogen-bond donors (Lipinski definition) is 2. The number of rotatable bonds is 9. The Kier molecular flexibility index (Phi) is 9.37. The van der Waals surface area contributed by atoms with Gasteiger partial charge in [0.25, 0.3) is 0 Å². The van der Waals surface area contributed by atoms with Crippen molar-refractivity contribution < 1.29 is 14.6 Å². The molecule has 7 heteroatoms. The van der Waals surface area contributed by atoms with Gasteiger partial charge in [0.05, 0.1) is 20.3 Å². The van der Waals surface area contributed by atoms with Crippen LogP contribution in [0.15, 0.2) is 23.2 Å². The molecule has 158 valence electrons. The summed E-state index contributed by atoms with van der Waals surface area (Å²) in [6.07, 6.45) is 0. The average molecular weight is 393 g/mol. The molecule has 1 saturated heterocycles. The lowest BCUT2D eigenvalue weighted by Gasteiger charge is -2.37. The summed E-state index contributed by atoms with van der Waals surface area (Å²) in [7, 11) is 1.62. The third-order valence-corrected chi connectivity index (χ3v) is 4.62. The number of hydrogen-bond acceptors (Lipinski definition) is 5. The fraction of sp³-hybridized carbons (Fsp3) is 0.667. The third-order valence-electron chi connectivity index (χ3n) is 4.62. The molecular weight excluding hydrogens is 356 g/mol. The minimum atomic E-state index is -0.0221. The first-order valence-corrected chi connectivity index (χ1v) is 10.2. The Morgan fingerprint density at radius 2 is 1.96 bits per heavy atom. The van der Waals surface area contributed by atoms with E-state index in [9.17, 15) is 0 Å². The van der Waals surface area contributed by atoms with Crippen LogP contribution in [0.2, 0.25) is 0 Å². The van der Waals surface area contributed by atoms with Gasteiger partial charge in [0.15, 0.2) is 17.5 Å². The van der Waals surface area contributed by atoms with Crippen LogP contribution in [0.3, 0.4) is 0 Å². The van der Waals surface area contributed by atoms with E-state index in [1.54, 1.807) is 7.11 Å². The summed E-state index contributed by atoms with van der Waals surface area (Å²) in [6, 6.07) is 5.81. The van der Waals surface area contributed by atoms with Gasteiger partial charge < -0.3 is 24.8 Å². The van der Waals surface area contributed by atoms with Crippen LogP contribution in [0, 0.1) is 5.92 Å². The van der Waals surface area contributed by atoms with E-state index >= 15 is 0 Å². The molecule has 0 bridgehead atoms. The van der Waals surface area contributed by atoms with Gasteiger partial charge in [-0.15, -0.1) is 0 Å². The standard InChI is InChI=1S/C21H36N4O3/c1-5-22-21(25-10-8-24(9-11-25)16-17(2)3)23-15-18-6-7-19(28-13-12-26)20(14-18)27-4/h6-7,14,17,26H,5,8-13,15-16H2,1-4H3,(H,22,23). The monoisotopic (exact) mass is 392 g/mol. The molecule has 1 heterocycles. The highest BCUT2D eigenvalue weighted by Crippen LogP contribution is 2.28. The van der Waals surface area contributed by atoms with Gasteiger partial charge in [-0.3, -0.25) is 4.90 Å². The molecule has 0 aromatic heterocycles. The lowest BCUT2D eigenvalue weighted by atomic mass is 10.2. The molecule has 0 saturated carbocycles. The van der Waals surface area contributed by atoms with Crippen LogP contribution in [0.5, 0.6) is 11.5 Å². The van der Waals surface area contributed by atoms with Gasteiger partial charge in [-0.05, 0) is 30.5 Å². The SMILES string of the molecule is CCNC(=NCc1ccc(OCCO)c(OC)c1)N1CCN(CC(C)C)CC1. The van der Waals surface area contributed by atoms with E-state index in [4.69, 9.17) is 19.6 Å². The summed E-state index contributed by atoms with van der Waals surface area (Å²) >= 11 is 0. The Morgan fingerprint density at radius 1 is 1.21 bits per heavy atom. The van der Waals surface area contributed by atoms with Crippen molar-refractivity contribution in [1.29, 1.82) is 0 Å². The molecule has 2 rings (SSSR count). The molecule has 1 aliphatic rings. The number of ether oxygens (including phenoxy) is 2. The Labute approximate surface area is 169 Å². The van der Waals surface area contributed by atoms with Crippen molar-refractivity contribution in [1.82, 2.24) is 15.1 Å². The fourth-order valence-electron chi connectivity index (χ4n) is 3.34. The van der Waals surface area contributed by atoms with E-state index in [-0.39, 0.29) is 13.2 Å². The highest BCUT2D eigenvalue weighted by atomic mass is 16.5. The van der Waals surface area contributed by atoms with E-state index in [1.807, 2.05) is 18.2 Å². The van der Waals surface area contributed by atoms with Gasteiger partial charge in [0.2, 0.25) is 0 Å². The van der Waals surface area contributed by atoms with Gasteiger partial charge in [-0.1, -0.05) is 19.9 Å². The smallest absolute Gasteiger partial charge is 0.194 e. The maximum atomic E-state index is 8.93. The number of aliphatic imine (C=N–C) groups is 1. The first-order valence-electron chi connectivity index (χ1n) is 10.2. The molecule has 0 spiro atoms. The maximum Gasteiger partial charge on any atom is 0.194 e. The Morgan fingerprint density at radius 3 is 2.57 bits per heavy atom. The van der Waals surface area contributed by atoms with E-state index < -0.39 is 0 Å². The number of benzene rings is 1.